The second-order valence-electron chi connectivity index (χ2n) is 3.21. The van der Waals surface area contributed by atoms with E-state index in [0.29, 0.717) is 0 Å². The summed E-state index contributed by atoms with van der Waals surface area (Å²) < 4.78 is 0. The molecular formula is C11H13N3. The number of para-hydroxylation sites is 1. The molecule has 0 atom stereocenters. The first-order chi connectivity index (χ1) is 6.83. The third-order valence-corrected chi connectivity index (χ3v) is 2.33. The molecule has 0 aliphatic rings. The van der Waals surface area contributed by atoms with Crippen molar-refractivity contribution in [3.63, 3.8) is 0 Å². The van der Waals surface area contributed by atoms with Gasteiger partial charge in [0, 0.05) is 11.3 Å². The number of nitrogens with two attached hydrogens (primary N) is 1. The Morgan fingerprint density at radius 1 is 1.36 bits per heavy atom. The third kappa shape index (κ3) is 1.37. The number of aryl methyl sites for hydroxylation is 1. The predicted octanol–water partition coefficient (Wildman–Crippen LogP) is 2.22. The molecule has 0 unspecified atom stereocenters. The summed E-state index contributed by atoms with van der Waals surface area (Å²) in [5, 5.41) is 7.01. The second kappa shape index (κ2) is 3.54. The number of nitrogens with one attached hydrogen (secondary N) is 1. The van der Waals surface area contributed by atoms with E-state index in [1.165, 1.54) is 5.56 Å². The lowest BCUT2D eigenvalue weighted by Gasteiger charge is -2.04. The number of rotatable bonds is 2. The Bertz CT molecular complexity index is 432. The van der Waals surface area contributed by atoms with Gasteiger partial charge in [0.1, 0.15) is 0 Å². The van der Waals surface area contributed by atoms with Crippen molar-refractivity contribution < 1.29 is 0 Å². The third-order valence-electron chi connectivity index (χ3n) is 2.33. The highest BCUT2D eigenvalue weighted by atomic mass is 15.1. The van der Waals surface area contributed by atoms with Crippen LogP contribution >= 0.6 is 0 Å². The molecule has 0 radical (unpaired) electrons. The molecule has 0 aliphatic heterocycles. The van der Waals surface area contributed by atoms with Crippen LogP contribution in [0.4, 0.5) is 5.69 Å². The van der Waals surface area contributed by atoms with Gasteiger partial charge >= 0.3 is 0 Å². The molecule has 2 aromatic rings. The van der Waals surface area contributed by atoms with Crippen molar-refractivity contribution in [3.8, 4) is 11.3 Å². The highest BCUT2D eigenvalue weighted by Gasteiger charge is 2.07. The molecule has 3 nitrogen and oxygen atoms in total. The maximum atomic E-state index is 5.89. The van der Waals surface area contributed by atoms with Crippen LogP contribution in [0.1, 0.15) is 12.5 Å². The van der Waals surface area contributed by atoms with Crippen LogP contribution in [0.5, 0.6) is 0 Å². The van der Waals surface area contributed by atoms with Crippen molar-refractivity contribution in [1.29, 1.82) is 0 Å². The Hall–Kier alpha value is -1.77. The zero-order valence-electron chi connectivity index (χ0n) is 8.12. The van der Waals surface area contributed by atoms with Gasteiger partial charge in [0.25, 0.3) is 0 Å². The fourth-order valence-corrected chi connectivity index (χ4v) is 1.54. The fraction of sp³-hybridized carbons (Fsp3) is 0.182. The number of nitrogen functional groups attached to an aromatic ring is 1. The lowest BCUT2D eigenvalue weighted by molar-refractivity contribution is 1.10. The van der Waals surface area contributed by atoms with Crippen molar-refractivity contribution in [1.82, 2.24) is 10.2 Å². The van der Waals surface area contributed by atoms with Gasteiger partial charge in [-0.1, -0.05) is 25.1 Å². The monoisotopic (exact) mass is 187 g/mol. The van der Waals surface area contributed by atoms with Gasteiger partial charge in [0.15, 0.2) is 0 Å². The lowest BCUT2D eigenvalue weighted by Crippen LogP contribution is -1.91. The van der Waals surface area contributed by atoms with E-state index in [0.717, 1.165) is 23.4 Å². The zero-order valence-corrected chi connectivity index (χ0v) is 8.12. The Labute approximate surface area is 83.0 Å². The summed E-state index contributed by atoms with van der Waals surface area (Å²) in [6.45, 7) is 2.10. The van der Waals surface area contributed by atoms with Crippen LogP contribution in [-0.2, 0) is 6.42 Å². The number of aromatic amines is 1. The van der Waals surface area contributed by atoms with Gasteiger partial charge in [-0.3, -0.25) is 5.10 Å². The molecule has 1 heterocycles. The summed E-state index contributed by atoms with van der Waals surface area (Å²) in [6.07, 6.45) is 2.81. The first-order valence-electron chi connectivity index (χ1n) is 4.70. The second-order valence-corrected chi connectivity index (χ2v) is 3.21. The number of nitrogens with zero attached hydrogens (tertiary/aromatic N) is 1. The van der Waals surface area contributed by atoms with Gasteiger partial charge in [-0.2, -0.15) is 5.10 Å². The number of benzene rings is 1. The van der Waals surface area contributed by atoms with Gasteiger partial charge in [-0.15, -0.1) is 0 Å². The van der Waals surface area contributed by atoms with Crippen LogP contribution in [0.25, 0.3) is 11.3 Å². The summed E-state index contributed by atoms with van der Waals surface area (Å²) in [4.78, 5) is 0. The molecule has 1 aromatic carbocycles. The minimum atomic E-state index is 0.784. The quantitative estimate of drug-likeness (QED) is 0.708. The molecule has 72 valence electrons. The summed E-state index contributed by atoms with van der Waals surface area (Å²) in [5.41, 5.74) is 9.93. The predicted molar refractivity (Wildman–Crippen MR) is 57.8 cm³/mol. The van der Waals surface area contributed by atoms with Crippen molar-refractivity contribution in [2.24, 2.45) is 0 Å². The van der Waals surface area contributed by atoms with E-state index in [1.54, 1.807) is 0 Å². The van der Waals surface area contributed by atoms with Crippen LogP contribution < -0.4 is 5.73 Å². The summed E-state index contributed by atoms with van der Waals surface area (Å²) in [7, 11) is 0. The summed E-state index contributed by atoms with van der Waals surface area (Å²) >= 11 is 0. The van der Waals surface area contributed by atoms with Crippen molar-refractivity contribution >= 4 is 5.69 Å². The van der Waals surface area contributed by atoms with Gasteiger partial charge in [0.05, 0.1) is 11.9 Å². The normalized spacial score (nSPS) is 10.4. The van der Waals surface area contributed by atoms with Gasteiger partial charge < -0.3 is 5.73 Å². The molecular weight excluding hydrogens is 174 g/mol. The first kappa shape index (κ1) is 8.81. The van der Waals surface area contributed by atoms with Crippen LogP contribution in [-0.4, -0.2) is 10.2 Å². The fourth-order valence-electron chi connectivity index (χ4n) is 1.54. The van der Waals surface area contributed by atoms with E-state index >= 15 is 0 Å². The summed E-state index contributed by atoms with van der Waals surface area (Å²) in [5.74, 6) is 0. The molecule has 0 saturated heterocycles. The molecule has 3 N–H and O–H groups in total. The van der Waals surface area contributed by atoms with Crippen molar-refractivity contribution in [3.05, 3.63) is 36.0 Å². The number of anilines is 1. The number of H-pyrrole nitrogens is 1. The highest BCUT2D eigenvalue weighted by molar-refractivity contribution is 5.75. The Kier molecular flexibility index (Phi) is 2.23. The molecule has 0 amide bonds. The van der Waals surface area contributed by atoms with Gasteiger partial charge in [0.2, 0.25) is 0 Å². The number of hydrogen-bond donors (Lipinski definition) is 2. The molecule has 14 heavy (non-hydrogen) atoms. The van der Waals surface area contributed by atoms with E-state index < -0.39 is 0 Å². The average Bonchev–Trinajstić information content (AvgIpc) is 2.66. The maximum Gasteiger partial charge on any atom is 0.0702 e. The average molecular weight is 187 g/mol. The molecule has 0 fully saturated rings. The standard InChI is InChI=1S/C11H13N3/c1-2-8-7-13-14-11(8)9-5-3-4-6-10(9)12/h3-7H,2,12H2,1H3,(H,13,14). The van der Waals surface area contributed by atoms with E-state index in [2.05, 4.69) is 17.1 Å². The van der Waals surface area contributed by atoms with Crippen LogP contribution in [0.3, 0.4) is 0 Å². The van der Waals surface area contributed by atoms with E-state index in [4.69, 9.17) is 5.73 Å². The minimum Gasteiger partial charge on any atom is -0.398 e. The first-order valence-corrected chi connectivity index (χ1v) is 4.70. The van der Waals surface area contributed by atoms with Crippen molar-refractivity contribution in [2.75, 3.05) is 5.73 Å². The number of hydrogen-bond acceptors (Lipinski definition) is 2. The minimum absolute atomic E-state index is 0.784. The largest absolute Gasteiger partial charge is 0.398 e. The molecule has 0 saturated carbocycles. The smallest absolute Gasteiger partial charge is 0.0702 e. The lowest BCUT2D eigenvalue weighted by atomic mass is 10.1. The molecule has 3 heteroatoms. The van der Waals surface area contributed by atoms with E-state index in [-0.39, 0.29) is 0 Å². The Balaban J connectivity index is 2.54. The zero-order chi connectivity index (χ0) is 9.97. The molecule has 0 spiro atoms. The maximum absolute atomic E-state index is 5.89. The van der Waals surface area contributed by atoms with E-state index in [1.807, 2.05) is 30.5 Å². The molecule has 0 aliphatic carbocycles. The van der Waals surface area contributed by atoms with Crippen LogP contribution in [0, 0.1) is 0 Å². The number of aromatic nitrogens is 2. The molecule has 1 aromatic heterocycles. The van der Waals surface area contributed by atoms with Gasteiger partial charge in [-0.05, 0) is 18.1 Å². The van der Waals surface area contributed by atoms with Crippen LogP contribution in [0.2, 0.25) is 0 Å². The van der Waals surface area contributed by atoms with Crippen molar-refractivity contribution in [2.45, 2.75) is 13.3 Å². The van der Waals surface area contributed by atoms with Crippen LogP contribution in [0.15, 0.2) is 30.5 Å². The Morgan fingerprint density at radius 2 is 2.14 bits per heavy atom. The SMILES string of the molecule is CCc1cn[nH]c1-c1ccccc1N. The molecule has 2 rings (SSSR count). The Morgan fingerprint density at radius 3 is 2.86 bits per heavy atom. The van der Waals surface area contributed by atoms with E-state index in [9.17, 15) is 0 Å². The van der Waals surface area contributed by atoms with Gasteiger partial charge in [-0.25, -0.2) is 0 Å². The topological polar surface area (TPSA) is 54.7 Å². The molecule has 0 bridgehead atoms. The highest BCUT2D eigenvalue weighted by Crippen LogP contribution is 2.26. The summed E-state index contributed by atoms with van der Waals surface area (Å²) in [6, 6.07) is 7.81.